The van der Waals surface area contributed by atoms with Crippen LogP contribution < -0.4 is 10.2 Å². The quantitative estimate of drug-likeness (QED) is 0.167. The van der Waals surface area contributed by atoms with E-state index in [-0.39, 0.29) is 16.5 Å². The van der Waals surface area contributed by atoms with Crippen LogP contribution in [0.2, 0.25) is 5.02 Å². The van der Waals surface area contributed by atoms with Crippen LogP contribution in [0.5, 0.6) is 5.75 Å². The minimum absolute atomic E-state index is 0.124. The van der Waals surface area contributed by atoms with Crippen molar-refractivity contribution in [1.29, 1.82) is 0 Å². The third-order valence-electron chi connectivity index (χ3n) is 7.59. The second-order valence-corrected chi connectivity index (χ2v) is 11.8. The number of aryl methyl sites for hydroxylation is 1. The van der Waals surface area contributed by atoms with Crippen molar-refractivity contribution < 1.29 is 9.90 Å². The molecule has 206 valence electrons. The van der Waals surface area contributed by atoms with E-state index >= 15 is 0 Å². The summed E-state index contributed by atoms with van der Waals surface area (Å²) in [5.41, 5.74) is 2.89. The number of hydrogen-bond acceptors (Lipinski definition) is 5. The van der Waals surface area contributed by atoms with Gasteiger partial charge in [-0.05, 0) is 74.4 Å². The zero-order valence-electron chi connectivity index (χ0n) is 22.1. The van der Waals surface area contributed by atoms with Gasteiger partial charge in [0, 0.05) is 30.6 Å². The van der Waals surface area contributed by atoms with Gasteiger partial charge in [-0.25, -0.2) is 0 Å². The SMILES string of the molecule is O=C(CCNCCc1ccc(Cl)cc1)N(CCCCCc1ccc(O)c2[nH]c(=O)sc12)C1CCCCCC1. The van der Waals surface area contributed by atoms with Gasteiger partial charge < -0.3 is 20.3 Å². The Morgan fingerprint density at radius 3 is 2.53 bits per heavy atom. The molecular weight excluding hydrogens is 518 g/mol. The maximum absolute atomic E-state index is 13.3. The van der Waals surface area contributed by atoms with Gasteiger partial charge in [-0.2, -0.15) is 0 Å². The molecule has 38 heavy (non-hydrogen) atoms. The molecule has 1 aliphatic rings. The Bertz CT molecular complexity index is 1220. The van der Waals surface area contributed by atoms with Gasteiger partial charge in [0.05, 0.1) is 4.70 Å². The normalized spacial score (nSPS) is 14.6. The van der Waals surface area contributed by atoms with E-state index in [0.717, 1.165) is 84.7 Å². The largest absolute Gasteiger partial charge is 0.506 e. The lowest BCUT2D eigenvalue weighted by Crippen LogP contribution is -2.42. The van der Waals surface area contributed by atoms with Gasteiger partial charge in [0.15, 0.2) is 0 Å². The predicted octanol–water partition coefficient (Wildman–Crippen LogP) is 6.44. The molecule has 0 atom stereocenters. The van der Waals surface area contributed by atoms with Gasteiger partial charge >= 0.3 is 4.87 Å². The molecule has 0 radical (unpaired) electrons. The monoisotopic (exact) mass is 557 g/mol. The Morgan fingerprint density at radius 2 is 1.76 bits per heavy atom. The van der Waals surface area contributed by atoms with Crippen LogP contribution in [0.3, 0.4) is 0 Å². The number of halogens is 1. The van der Waals surface area contributed by atoms with Gasteiger partial charge in [-0.15, -0.1) is 0 Å². The molecule has 0 unspecified atom stereocenters. The number of aromatic hydroxyl groups is 1. The lowest BCUT2D eigenvalue weighted by molar-refractivity contribution is -0.133. The molecule has 1 saturated carbocycles. The molecule has 3 aromatic rings. The van der Waals surface area contributed by atoms with Crippen molar-refractivity contribution in [3.8, 4) is 5.75 Å². The molecule has 0 saturated heterocycles. The van der Waals surface area contributed by atoms with Gasteiger partial charge in [-0.3, -0.25) is 9.59 Å². The van der Waals surface area contributed by atoms with Crippen molar-refractivity contribution >= 4 is 39.1 Å². The molecule has 8 heteroatoms. The third kappa shape index (κ3) is 8.32. The first-order valence-electron chi connectivity index (χ1n) is 14.1. The summed E-state index contributed by atoms with van der Waals surface area (Å²) in [6.07, 6.45) is 12.5. The van der Waals surface area contributed by atoms with Crippen molar-refractivity contribution in [3.05, 3.63) is 62.2 Å². The highest BCUT2D eigenvalue weighted by molar-refractivity contribution is 7.16. The molecule has 1 amide bonds. The van der Waals surface area contributed by atoms with E-state index < -0.39 is 0 Å². The number of nitrogens with one attached hydrogen (secondary N) is 2. The molecule has 1 heterocycles. The van der Waals surface area contributed by atoms with Crippen molar-refractivity contribution in [1.82, 2.24) is 15.2 Å². The maximum Gasteiger partial charge on any atom is 0.305 e. The average molecular weight is 558 g/mol. The van der Waals surface area contributed by atoms with Gasteiger partial charge in [0.1, 0.15) is 11.3 Å². The standard InChI is InChI=1S/C30H40ClN3O3S/c31-24-14-11-22(12-15-24)17-19-32-20-18-27(36)34(25-9-5-1-2-6-10-25)21-7-3-4-8-23-13-16-26(35)28-29(23)38-30(37)33-28/h11-16,25,32,35H,1-10,17-21H2,(H,33,37). The number of thiazole rings is 1. The molecule has 3 N–H and O–H groups in total. The minimum Gasteiger partial charge on any atom is -0.506 e. The Hall–Kier alpha value is -2.35. The zero-order valence-corrected chi connectivity index (χ0v) is 23.7. The van der Waals surface area contributed by atoms with Crippen molar-refractivity contribution in [2.45, 2.75) is 83.1 Å². The fourth-order valence-electron chi connectivity index (χ4n) is 5.47. The first kappa shape index (κ1) is 28.7. The number of rotatable bonds is 13. The van der Waals surface area contributed by atoms with E-state index in [1.165, 1.54) is 31.2 Å². The van der Waals surface area contributed by atoms with Crippen LogP contribution in [0.1, 0.15) is 75.3 Å². The smallest absolute Gasteiger partial charge is 0.305 e. The Labute approximate surface area is 234 Å². The van der Waals surface area contributed by atoms with Crippen LogP contribution in [-0.4, -0.2) is 46.6 Å². The molecule has 1 fully saturated rings. The molecule has 1 aliphatic carbocycles. The number of H-pyrrole nitrogens is 1. The summed E-state index contributed by atoms with van der Waals surface area (Å²) < 4.78 is 0.855. The Morgan fingerprint density at radius 1 is 1.00 bits per heavy atom. The summed E-state index contributed by atoms with van der Waals surface area (Å²) in [6.45, 7) is 2.36. The van der Waals surface area contributed by atoms with E-state index in [2.05, 4.69) is 15.2 Å². The topological polar surface area (TPSA) is 85.4 Å². The second kappa shape index (κ2) is 14.7. The van der Waals surface area contributed by atoms with Crippen LogP contribution in [-0.2, 0) is 17.6 Å². The number of phenolic OH excluding ortho intramolecular Hbond substituents is 1. The van der Waals surface area contributed by atoms with Gasteiger partial charge in [-0.1, -0.05) is 73.2 Å². The lowest BCUT2D eigenvalue weighted by atomic mass is 10.0. The molecular formula is C30H40ClN3O3S. The van der Waals surface area contributed by atoms with E-state index in [1.54, 1.807) is 6.07 Å². The number of fused-ring (bicyclic) bond motifs is 1. The second-order valence-electron chi connectivity index (χ2n) is 10.4. The number of aromatic amines is 1. The van der Waals surface area contributed by atoms with Crippen molar-refractivity contribution in [2.24, 2.45) is 0 Å². The number of amides is 1. The van der Waals surface area contributed by atoms with Crippen LogP contribution in [0, 0.1) is 0 Å². The van der Waals surface area contributed by atoms with Gasteiger partial charge in [0.2, 0.25) is 5.91 Å². The Kier molecular flexibility index (Phi) is 11.1. The highest BCUT2D eigenvalue weighted by Crippen LogP contribution is 2.29. The summed E-state index contributed by atoms with van der Waals surface area (Å²) in [5, 5.41) is 14.2. The summed E-state index contributed by atoms with van der Waals surface area (Å²) in [5.74, 6) is 0.396. The van der Waals surface area contributed by atoms with Crippen LogP contribution in [0.25, 0.3) is 10.2 Å². The number of hydrogen-bond donors (Lipinski definition) is 3. The predicted molar refractivity (Wildman–Crippen MR) is 158 cm³/mol. The average Bonchev–Trinajstić information content (AvgIpc) is 3.12. The highest BCUT2D eigenvalue weighted by Gasteiger charge is 2.24. The first-order valence-corrected chi connectivity index (χ1v) is 15.3. The van der Waals surface area contributed by atoms with Crippen molar-refractivity contribution in [2.75, 3.05) is 19.6 Å². The first-order chi connectivity index (χ1) is 18.5. The van der Waals surface area contributed by atoms with Crippen LogP contribution in [0.15, 0.2) is 41.2 Å². The number of aromatic nitrogens is 1. The van der Waals surface area contributed by atoms with E-state index in [9.17, 15) is 14.7 Å². The number of nitrogens with zero attached hydrogens (tertiary/aromatic N) is 1. The zero-order chi connectivity index (χ0) is 26.7. The van der Waals surface area contributed by atoms with E-state index in [1.807, 2.05) is 30.3 Å². The molecule has 6 nitrogen and oxygen atoms in total. The Balaban J connectivity index is 1.23. The fourth-order valence-corrected chi connectivity index (χ4v) is 6.50. The third-order valence-corrected chi connectivity index (χ3v) is 8.80. The van der Waals surface area contributed by atoms with E-state index in [0.29, 0.717) is 24.5 Å². The highest BCUT2D eigenvalue weighted by atomic mass is 35.5. The molecule has 2 aromatic carbocycles. The number of benzene rings is 2. The van der Waals surface area contributed by atoms with E-state index in [4.69, 9.17) is 11.6 Å². The molecule has 0 aliphatic heterocycles. The molecule has 4 rings (SSSR count). The lowest BCUT2D eigenvalue weighted by Gasteiger charge is -2.31. The van der Waals surface area contributed by atoms with Gasteiger partial charge in [0.25, 0.3) is 0 Å². The van der Waals surface area contributed by atoms with Crippen molar-refractivity contribution in [3.63, 3.8) is 0 Å². The fraction of sp³-hybridized carbons (Fsp3) is 0.533. The number of phenols is 1. The number of carbonyl (C=O) groups excluding carboxylic acids is 1. The number of carbonyl (C=O) groups is 1. The van der Waals surface area contributed by atoms with Crippen LogP contribution in [0.4, 0.5) is 0 Å². The van der Waals surface area contributed by atoms with Crippen LogP contribution >= 0.6 is 22.9 Å². The minimum atomic E-state index is -0.139. The summed E-state index contributed by atoms with van der Waals surface area (Å²) >= 11 is 7.13. The summed E-state index contributed by atoms with van der Waals surface area (Å²) in [6, 6.07) is 11.9. The molecule has 1 aromatic heterocycles. The maximum atomic E-state index is 13.3. The molecule has 0 bridgehead atoms. The molecule has 0 spiro atoms. The summed E-state index contributed by atoms with van der Waals surface area (Å²) in [7, 11) is 0. The summed E-state index contributed by atoms with van der Waals surface area (Å²) in [4.78, 5) is 29.9. The number of unbranched alkanes of at least 4 members (excludes halogenated alkanes) is 2.